The molecule has 3 atom stereocenters. The van der Waals surface area contributed by atoms with Crippen molar-refractivity contribution < 1.29 is 14.3 Å². The van der Waals surface area contributed by atoms with Crippen LogP contribution >= 0.6 is 0 Å². The fourth-order valence-electron chi connectivity index (χ4n) is 2.96. The Morgan fingerprint density at radius 2 is 2.08 bits per heavy atom. The van der Waals surface area contributed by atoms with Crippen molar-refractivity contribution in [3.63, 3.8) is 0 Å². The van der Waals surface area contributed by atoms with Crippen LogP contribution in [-0.4, -0.2) is 29.1 Å². The van der Waals surface area contributed by atoms with Gasteiger partial charge in [-0.1, -0.05) is 18.2 Å². The van der Waals surface area contributed by atoms with Crippen LogP contribution in [0.3, 0.4) is 0 Å². The molecule has 5 heteroatoms. The quantitative estimate of drug-likeness (QED) is 0.820. The van der Waals surface area contributed by atoms with Crippen LogP contribution in [0.25, 0.3) is 0 Å². The highest BCUT2D eigenvalue weighted by Crippen LogP contribution is 2.47. The molecule has 4 nitrogen and oxygen atoms in total. The van der Waals surface area contributed by atoms with Crippen molar-refractivity contribution in [2.24, 2.45) is 11.8 Å². The number of aromatic nitrogens is 1. The van der Waals surface area contributed by atoms with Gasteiger partial charge < -0.3 is 10.4 Å². The van der Waals surface area contributed by atoms with Crippen molar-refractivity contribution in [3.05, 3.63) is 65.7 Å². The van der Waals surface area contributed by atoms with Crippen LogP contribution in [0.4, 0.5) is 4.39 Å². The zero-order chi connectivity index (χ0) is 16.9. The lowest BCUT2D eigenvalue weighted by Crippen LogP contribution is -2.33. The first-order valence-electron chi connectivity index (χ1n) is 8.21. The van der Waals surface area contributed by atoms with Crippen molar-refractivity contribution in [2.45, 2.75) is 18.8 Å². The number of nitrogens with zero attached hydrogens (tertiary/aromatic N) is 1. The molecule has 1 aliphatic carbocycles. The molecule has 0 saturated heterocycles. The highest BCUT2D eigenvalue weighted by Gasteiger charge is 2.43. The lowest BCUT2D eigenvalue weighted by molar-refractivity contribution is -0.122. The Balaban J connectivity index is 1.48. The molecule has 0 aliphatic heterocycles. The second-order valence-electron chi connectivity index (χ2n) is 6.32. The summed E-state index contributed by atoms with van der Waals surface area (Å²) in [5.41, 5.74) is 1.91. The average Bonchev–Trinajstić information content (AvgIpc) is 3.40. The lowest BCUT2D eigenvalue weighted by atomic mass is 10.0. The molecule has 3 rings (SSSR count). The highest BCUT2D eigenvalue weighted by atomic mass is 19.1. The van der Waals surface area contributed by atoms with E-state index < -0.39 is 0 Å². The van der Waals surface area contributed by atoms with Gasteiger partial charge in [0, 0.05) is 36.9 Å². The molecule has 3 unspecified atom stereocenters. The van der Waals surface area contributed by atoms with E-state index in [9.17, 15) is 14.3 Å². The highest BCUT2D eigenvalue weighted by molar-refractivity contribution is 5.82. The van der Waals surface area contributed by atoms with Gasteiger partial charge in [-0.2, -0.15) is 0 Å². The maximum Gasteiger partial charge on any atom is 0.223 e. The molecule has 1 heterocycles. The summed E-state index contributed by atoms with van der Waals surface area (Å²) in [6.45, 7) is 0.432. The smallest absolute Gasteiger partial charge is 0.223 e. The van der Waals surface area contributed by atoms with Gasteiger partial charge in [0.25, 0.3) is 0 Å². The molecule has 1 amide bonds. The number of benzene rings is 1. The molecule has 0 bridgehead atoms. The molecule has 2 aromatic rings. The topological polar surface area (TPSA) is 62.2 Å². The fourth-order valence-corrected chi connectivity index (χ4v) is 2.96. The summed E-state index contributed by atoms with van der Waals surface area (Å²) in [5.74, 6) is -0.185. The van der Waals surface area contributed by atoms with E-state index >= 15 is 0 Å². The number of hydrogen-bond acceptors (Lipinski definition) is 3. The van der Waals surface area contributed by atoms with Gasteiger partial charge >= 0.3 is 0 Å². The third-order valence-electron chi connectivity index (χ3n) is 4.47. The molecule has 126 valence electrons. The van der Waals surface area contributed by atoms with Gasteiger partial charge in [-0.15, -0.1) is 0 Å². The van der Waals surface area contributed by atoms with E-state index in [0.717, 1.165) is 17.7 Å². The van der Waals surface area contributed by atoms with Gasteiger partial charge in [-0.05, 0) is 48.6 Å². The zero-order valence-electron chi connectivity index (χ0n) is 13.4. The maximum atomic E-state index is 12.9. The van der Waals surface area contributed by atoms with E-state index in [1.807, 2.05) is 18.2 Å². The predicted octanol–water partition coefficient (Wildman–Crippen LogP) is 2.29. The monoisotopic (exact) mass is 328 g/mol. The van der Waals surface area contributed by atoms with Gasteiger partial charge in [0.15, 0.2) is 0 Å². The number of amides is 1. The average molecular weight is 328 g/mol. The largest absolute Gasteiger partial charge is 0.396 e. The Hall–Kier alpha value is -2.27. The zero-order valence-corrected chi connectivity index (χ0v) is 13.4. The number of halogens is 1. The minimum atomic E-state index is -0.263. The molecule has 0 spiro atoms. The standard InChI is InChI=1S/C19H21FN2O2/c20-15-6-4-14(5-7-15)17-10-18(17)19(24)22-11-13(12-23)9-16-3-1-2-8-21-16/h1-8,13,17-18,23H,9-12H2,(H,22,24). The molecular weight excluding hydrogens is 307 g/mol. The Kier molecular flexibility index (Phi) is 5.20. The van der Waals surface area contributed by atoms with Crippen LogP contribution in [-0.2, 0) is 11.2 Å². The van der Waals surface area contributed by atoms with Gasteiger partial charge in [-0.25, -0.2) is 4.39 Å². The second-order valence-corrected chi connectivity index (χ2v) is 6.32. The summed E-state index contributed by atoms with van der Waals surface area (Å²) < 4.78 is 12.9. The molecular formula is C19H21FN2O2. The van der Waals surface area contributed by atoms with E-state index in [2.05, 4.69) is 10.3 Å². The van der Waals surface area contributed by atoms with Crippen LogP contribution < -0.4 is 5.32 Å². The lowest BCUT2D eigenvalue weighted by Gasteiger charge is -2.14. The van der Waals surface area contributed by atoms with E-state index in [-0.39, 0.29) is 36.1 Å². The molecule has 1 aliphatic rings. The molecule has 1 saturated carbocycles. The van der Waals surface area contributed by atoms with E-state index in [1.54, 1.807) is 18.3 Å². The molecule has 1 fully saturated rings. The Bertz CT molecular complexity index is 676. The first-order chi connectivity index (χ1) is 11.7. The van der Waals surface area contributed by atoms with E-state index in [0.29, 0.717) is 13.0 Å². The minimum Gasteiger partial charge on any atom is -0.396 e. The molecule has 24 heavy (non-hydrogen) atoms. The first-order valence-corrected chi connectivity index (χ1v) is 8.21. The van der Waals surface area contributed by atoms with E-state index in [4.69, 9.17) is 0 Å². The summed E-state index contributed by atoms with van der Waals surface area (Å²) in [4.78, 5) is 16.5. The molecule has 0 radical (unpaired) electrons. The van der Waals surface area contributed by atoms with Crippen molar-refractivity contribution in [1.82, 2.24) is 10.3 Å². The van der Waals surface area contributed by atoms with E-state index in [1.165, 1.54) is 12.1 Å². The third kappa shape index (κ3) is 4.17. The maximum absolute atomic E-state index is 12.9. The van der Waals surface area contributed by atoms with Gasteiger partial charge in [0.2, 0.25) is 5.91 Å². The van der Waals surface area contributed by atoms with Crippen LogP contribution in [0.2, 0.25) is 0 Å². The van der Waals surface area contributed by atoms with Crippen LogP contribution in [0.15, 0.2) is 48.7 Å². The molecule has 1 aromatic carbocycles. The number of rotatable bonds is 7. The van der Waals surface area contributed by atoms with Crippen LogP contribution in [0.5, 0.6) is 0 Å². The summed E-state index contributed by atoms with van der Waals surface area (Å²) in [6.07, 6.45) is 3.14. The van der Waals surface area contributed by atoms with Gasteiger partial charge in [-0.3, -0.25) is 9.78 Å². The number of hydrogen-bond donors (Lipinski definition) is 2. The van der Waals surface area contributed by atoms with Crippen LogP contribution in [0.1, 0.15) is 23.6 Å². The summed E-state index contributed by atoms with van der Waals surface area (Å²) in [6, 6.07) is 12.0. The minimum absolute atomic E-state index is 0.00289. The number of aliphatic hydroxyl groups excluding tert-OH is 1. The second kappa shape index (κ2) is 7.53. The van der Waals surface area contributed by atoms with Gasteiger partial charge in [0.05, 0.1) is 0 Å². The van der Waals surface area contributed by atoms with Crippen molar-refractivity contribution in [1.29, 1.82) is 0 Å². The Morgan fingerprint density at radius 1 is 1.29 bits per heavy atom. The van der Waals surface area contributed by atoms with Crippen molar-refractivity contribution in [3.8, 4) is 0 Å². The molecule has 2 N–H and O–H groups in total. The first kappa shape index (κ1) is 16.6. The number of carbonyl (C=O) groups excluding carboxylic acids is 1. The Morgan fingerprint density at radius 3 is 2.75 bits per heavy atom. The van der Waals surface area contributed by atoms with Crippen LogP contribution in [0, 0.1) is 17.7 Å². The Labute approximate surface area is 140 Å². The normalized spacial score (nSPS) is 20.4. The predicted molar refractivity (Wildman–Crippen MR) is 88.8 cm³/mol. The molecule has 1 aromatic heterocycles. The number of carbonyl (C=O) groups is 1. The SMILES string of the molecule is O=C(NCC(CO)Cc1ccccn1)C1CC1c1ccc(F)cc1. The number of aliphatic hydroxyl groups is 1. The van der Waals surface area contributed by atoms with Gasteiger partial charge in [0.1, 0.15) is 5.82 Å². The number of nitrogens with one attached hydrogen (secondary N) is 1. The fraction of sp³-hybridized carbons (Fsp3) is 0.368. The summed E-state index contributed by atoms with van der Waals surface area (Å²) in [5, 5.41) is 12.4. The summed E-state index contributed by atoms with van der Waals surface area (Å²) in [7, 11) is 0. The number of pyridine rings is 1. The van der Waals surface area contributed by atoms with Crippen molar-refractivity contribution >= 4 is 5.91 Å². The summed E-state index contributed by atoms with van der Waals surface area (Å²) >= 11 is 0. The third-order valence-corrected chi connectivity index (χ3v) is 4.47. The van der Waals surface area contributed by atoms with Crippen molar-refractivity contribution in [2.75, 3.05) is 13.2 Å².